The summed E-state index contributed by atoms with van der Waals surface area (Å²) in [6.07, 6.45) is 4.29. The molecule has 1 saturated carbocycles. The average Bonchev–Trinajstić information content (AvgIpc) is 2.38. The van der Waals surface area contributed by atoms with Gasteiger partial charge in [-0.25, -0.2) is 0 Å². The number of hydrogen-bond donors (Lipinski definition) is 1. The summed E-state index contributed by atoms with van der Waals surface area (Å²) in [6, 6.07) is 8.97. The van der Waals surface area contributed by atoms with E-state index in [2.05, 4.69) is 52.0 Å². The monoisotopic (exact) mass is 260 g/mol. The number of aliphatic hydroxyl groups is 1. The molecule has 19 heavy (non-hydrogen) atoms. The van der Waals surface area contributed by atoms with Gasteiger partial charge in [0, 0.05) is 0 Å². The van der Waals surface area contributed by atoms with Gasteiger partial charge in [-0.15, -0.1) is 0 Å². The molecule has 1 nitrogen and oxygen atoms in total. The summed E-state index contributed by atoms with van der Waals surface area (Å²) >= 11 is 0. The topological polar surface area (TPSA) is 20.2 Å². The number of aryl methyl sites for hydroxylation is 1. The van der Waals surface area contributed by atoms with Gasteiger partial charge in [0.05, 0.1) is 6.10 Å². The van der Waals surface area contributed by atoms with E-state index in [9.17, 15) is 5.11 Å². The van der Waals surface area contributed by atoms with Crippen molar-refractivity contribution in [2.75, 3.05) is 0 Å². The predicted molar refractivity (Wildman–Crippen MR) is 81.4 cm³/mol. The number of benzene rings is 1. The molecule has 1 heteroatoms. The first-order valence-electron chi connectivity index (χ1n) is 7.72. The number of rotatable bonds is 3. The Morgan fingerprint density at radius 1 is 1.16 bits per heavy atom. The summed E-state index contributed by atoms with van der Waals surface area (Å²) in [6.45, 7) is 9.02. The Bertz CT molecular complexity index is 404. The fourth-order valence-electron chi connectivity index (χ4n) is 3.58. The van der Waals surface area contributed by atoms with Gasteiger partial charge in [-0.3, -0.25) is 0 Å². The van der Waals surface area contributed by atoms with Crippen LogP contribution in [0.2, 0.25) is 0 Å². The van der Waals surface area contributed by atoms with E-state index in [0.717, 1.165) is 19.3 Å². The molecular weight excluding hydrogens is 232 g/mol. The highest BCUT2D eigenvalue weighted by Crippen LogP contribution is 2.42. The van der Waals surface area contributed by atoms with Gasteiger partial charge in [0.25, 0.3) is 0 Å². The molecule has 0 aromatic heterocycles. The van der Waals surface area contributed by atoms with Crippen LogP contribution in [0.15, 0.2) is 24.3 Å². The van der Waals surface area contributed by atoms with Crippen LogP contribution in [0.1, 0.15) is 58.1 Å². The van der Waals surface area contributed by atoms with E-state index in [1.54, 1.807) is 0 Å². The molecule has 3 atom stereocenters. The Morgan fingerprint density at radius 3 is 2.32 bits per heavy atom. The maximum atomic E-state index is 10.4. The van der Waals surface area contributed by atoms with Crippen LogP contribution in [0.5, 0.6) is 0 Å². The lowest BCUT2D eigenvalue weighted by Crippen LogP contribution is -2.41. The SMILES string of the molecule is CCc1ccc(C(C)(C)C2CCC(C)CC2O)cc1. The van der Waals surface area contributed by atoms with Gasteiger partial charge in [0.1, 0.15) is 0 Å². The first-order chi connectivity index (χ1) is 8.95. The molecule has 0 spiro atoms. The molecule has 1 fully saturated rings. The van der Waals surface area contributed by atoms with Crippen LogP contribution >= 0.6 is 0 Å². The van der Waals surface area contributed by atoms with Gasteiger partial charge in [-0.05, 0) is 47.6 Å². The van der Waals surface area contributed by atoms with Gasteiger partial charge in [-0.2, -0.15) is 0 Å². The molecule has 1 aromatic rings. The summed E-state index contributed by atoms with van der Waals surface area (Å²) in [7, 11) is 0. The van der Waals surface area contributed by atoms with E-state index < -0.39 is 0 Å². The minimum Gasteiger partial charge on any atom is -0.393 e. The standard InChI is InChI=1S/C18H28O/c1-5-14-7-9-15(10-8-14)18(3,4)16-11-6-13(2)12-17(16)19/h7-10,13,16-17,19H,5-6,11-12H2,1-4H3. The van der Waals surface area contributed by atoms with Crippen molar-refractivity contribution in [3.63, 3.8) is 0 Å². The van der Waals surface area contributed by atoms with Crippen LogP contribution in [0.3, 0.4) is 0 Å². The maximum absolute atomic E-state index is 10.4. The Labute approximate surface area is 118 Å². The molecule has 0 heterocycles. The van der Waals surface area contributed by atoms with Gasteiger partial charge in [0.15, 0.2) is 0 Å². The van der Waals surface area contributed by atoms with Crippen molar-refractivity contribution in [2.24, 2.45) is 11.8 Å². The lowest BCUT2D eigenvalue weighted by atomic mass is 9.64. The Morgan fingerprint density at radius 2 is 1.79 bits per heavy atom. The number of aliphatic hydroxyl groups excluding tert-OH is 1. The molecular formula is C18H28O. The third kappa shape index (κ3) is 3.02. The van der Waals surface area contributed by atoms with Crippen LogP contribution < -0.4 is 0 Å². The summed E-state index contributed by atoms with van der Waals surface area (Å²) in [5, 5.41) is 10.4. The van der Waals surface area contributed by atoms with E-state index in [1.165, 1.54) is 17.5 Å². The van der Waals surface area contributed by atoms with E-state index >= 15 is 0 Å². The second-order valence-electron chi connectivity index (χ2n) is 6.86. The molecule has 0 amide bonds. The molecule has 1 aromatic carbocycles. The zero-order valence-corrected chi connectivity index (χ0v) is 12.8. The molecule has 1 aliphatic rings. The van der Waals surface area contributed by atoms with Crippen molar-refractivity contribution < 1.29 is 5.11 Å². The normalized spacial score (nSPS) is 28.4. The van der Waals surface area contributed by atoms with E-state index in [4.69, 9.17) is 0 Å². The van der Waals surface area contributed by atoms with Gasteiger partial charge >= 0.3 is 0 Å². The lowest BCUT2D eigenvalue weighted by molar-refractivity contribution is 0.0143. The van der Waals surface area contributed by atoms with Gasteiger partial charge < -0.3 is 5.11 Å². The summed E-state index contributed by atoms with van der Waals surface area (Å²) < 4.78 is 0. The first kappa shape index (κ1) is 14.6. The predicted octanol–water partition coefficient (Wildman–Crippen LogP) is 4.32. The largest absolute Gasteiger partial charge is 0.393 e. The zero-order chi connectivity index (χ0) is 14.0. The third-order valence-corrected chi connectivity index (χ3v) is 5.11. The average molecular weight is 260 g/mol. The van der Waals surface area contributed by atoms with Crippen LogP contribution in [0.25, 0.3) is 0 Å². The van der Waals surface area contributed by atoms with Gasteiger partial charge in [0.2, 0.25) is 0 Å². The molecule has 1 aliphatic carbocycles. The maximum Gasteiger partial charge on any atom is 0.0579 e. The Hall–Kier alpha value is -0.820. The summed E-state index contributed by atoms with van der Waals surface area (Å²) in [4.78, 5) is 0. The van der Waals surface area contributed by atoms with Crippen LogP contribution in [0.4, 0.5) is 0 Å². The zero-order valence-electron chi connectivity index (χ0n) is 12.8. The highest BCUT2D eigenvalue weighted by Gasteiger charge is 2.39. The Balaban J connectivity index is 2.20. The third-order valence-electron chi connectivity index (χ3n) is 5.11. The van der Waals surface area contributed by atoms with E-state index in [-0.39, 0.29) is 11.5 Å². The first-order valence-corrected chi connectivity index (χ1v) is 7.72. The number of hydrogen-bond acceptors (Lipinski definition) is 1. The van der Waals surface area contributed by atoms with Crippen molar-refractivity contribution in [1.82, 2.24) is 0 Å². The molecule has 3 unspecified atom stereocenters. The lowest BCUT2D eigenvalue weighted by Gasteiger charge is -2.42. The molecule has 2 rings (SSSR count). The summed E-state index contributed by atoms with van der Waals surface area (Å²) in [5.74, 6) is 1.06. The van der Waals surface area contributed by atoms with E-state index in [1.807, 2.05) is 0 Å². The van der Waals surface area contributed by atoms with Crippen molar-refractivity contribution >= 4 is 0 Å². The molecule has 0 radical (unpaired) electrons. The molecule has 0 saturated heterocycles. The summed E-state index contributed by atoms with van der Waals surface area (Å²) in [5.41, 5.74) is 2.81. The second kappa shape index (κ2) is 5.66. The molecule has 1 N–H and O–H groups in total. The van der Waals surface area contributed by atoms with E-state index in [0.29, 0.717) is 11.8 Å². The van der Waals surface area contributed by atoms with Crippen molar-refractivity contribution in [1.29, 1.82) is 0 Å². The minimum absolute atomic E-state index is 0.0613. The van der Waals surface area contributed by atoms with Crippen LogP contribution in [0, 0.1) is 11.8 Å². The highest BCUT2D eigenvalue weighted by atomic mass is 16.3. The fourth-order valence-corrected chi connectivity index (χ4v) is 3.58. The van der Waals surface area contributed by atoms with Gasteiger partial charge in [-0.1, -0.05) is 58.4 Å². The van der Waals surface area contributed by atoms with Crippen molar-refractivity contribution in [3.8, 4) is 0 Å². The fraction of sp³-hybridized carbons (Fsp3) is 0.667. The quantitative estimate of drug-likeness (QED) is 0.858. The van der Waals surface area contributed by atoms with Crippen molar-refractivity contribution in [3.05, 3.63) is 35.4 Å². The second-order valence-corrected chi connectivity index (χ2v) is 6.86. The Kier molecular flexibility index (Phi) is 4.35. The molecule has 106 valence electrons. The molecule has 0 aliphatic heterocycles. The van der Waals surface area contributed by atoms with Crippen LogP contribution in [-0.2, 0) is 11.8 Å². The molecule has 0 bridgehead atoms. The minimum atomic E-state index is -0.149. The highest BCUT2D eigenvalue weighted by molar-refractivity contribution is 5.29. The van der Waals surface area contributed by atoms with Crippen LogP contribution in [-0.4, -0.2) is 11.2 Å². The van der Waals surface area contributed by atoms with Crippen molar-refractivity contribution in [2.45, 2.75) is 64.9 Å². The smallest absolute Gasteiger partial charge is 0.0579 e.